The van der Waals surface area contributed by atoms with E-state index in [4.69, 9.17) is 0 Å². The van der Waals surface area contributed by atoms with Gasteiger partial charge in [-0.2, -0.15) is 0 Å². The lowest BCUT2D eigenvalue weighted by atomic mass is 10.0. The second-order valence-electron chi connectivity index (χ2n) is 5.49. The van der Waals surface area contributed by atoms with Crippen molar-refractivity contribution in [3.05, 3.63) is 10.6 Å². The van der Waals surface area contributed by atoms with Crippen LogP contribution in [0, 0.1) is 31.6 Å². The quantitative estimate of drug-likeness (QED) is 0.883. The molecule has 2 amide bonds. The van der Waals surface area contributed by atoms with Crippen LogP contribution in [0.25, 0.3) is 0 Å². The Hall–Kier alpha value is -1.10. The normalized spacial score (nSPS) is 28.9. The van der Waals surface area contributed by atoms with Gasteiger partial charge in [0.15, 0.2) is 5.13 Å². The molecule has 2 saturated carbocycles. The number of carbonyl (C=O) groups is 1. The second-order valence-corrected chi connectivity index (χ2v) is 6.70. The molecular weight excluding hydrogens is 246 g/mol. The highest BCUT2D eigenvalue weighted by atomic mass is 32.1. The number of hydrogen-bond donors (Lipinski definition) is 2. The number of nitrogens with one attached hydrogen (secondary N) is 2. The first-order valence-corrected chi connectivity index (χ1v) is 7.44. The van der Waals surface area contributed by atoms with Gasteiger partial charge in [0.2, 0.25) is 0 Å². The summed E-state index contributed by atoms with van der Waals surface area (Å²) in [6.45, 7) is 4.79. The number of nitrogens with zero attached hydrogens (tertiary/aromatic N) is 1. The van der Waals surface area contributed by atoms with Crippen molar-refractivity contribution in [1.82, 2.24) is 10.3 Å². The molecule has 0 bridgehead atoms. The summed E-state index contributed by atoms with van der Waals surface area (Å²) in [5.41, 5.74) is 0.993. The van der Waals surface area contributed by atoms with E-state index in [1.165, 1.54) is 30.6 Å². The van der Waals surface area contributed by atoms with E-state index < -0.39 is 0 Å². The van der Waals surface area contributed by atoms with Crippen LogP contribution in [0.1, 0.15) is 29.8 Å². The molecule has 0 radical (unpaired) electrons. The average molecular weight is 265 g/mol. The fraction of sp³-hybridized carbons (Fsp3) is 0.692. The number of hydrogen-bond acceptors (Lipinski definition) is 3. The zero-order valence-electron chi connectivity index (χ0n) is 10.8. The summed E-state index contributed by atoms with van der Waals surface area (Å²) in [7, 11) is 0. The van der Waals surface area contributed by atoms with Crippen LogP contribution in [-0.4, -0.2) is 17.6 Å². The fourth-order valence-corrected chi connectivity index (χ4v) is 3.78. The van der Waals surface area contributed by atoms with Crippen LogP contribution < -0.4 is 10.6 Å². The molecule has 18 heavy (non-hydrogen) atoms. The minimum atomic E-state index is -0.118. The summed E-state index contributed by atoms with van der Waals surface area (Å²) >= 11 is 1.53. The summed E-state index contributed by atoms with van der Waals surface area (Å²) in [4.78, 5) is 17.2. The first-order valence-electron chi connectivity index (χ1n) is 6.62. The maximum Gasteiger partial charge on any atom is 0.321 e. The third-order valence-electron chi connectivity index (χ3n) is 4.26. The van der Waals surface area contributed by atoms with Crippen molar-refractivity contribution in [3.63, 3.8) is 0 Å². The molecule has 5 heteroatoms. The van der Waals surface area contributed by atoms with E-state index in [0.29, 0.717) is 11.0 Å². The molecular formula is C13H19N3OS. The maximum atomic E-state index is 11.8. The van der Waals surface area contributed by atoms with Crippen LogP contribution in [-0.2, 0) is 0 Å². The smallest absolute Gasteiger partial charge is 0.321 e. The molecule has 1 aromatic rings. The van der Waals surface area contributed by atoms with Gasteiger partial charge in [-0.1, -0.05) is 0 Å². The first kappa shape index (κ1) is 12.0. The Balaban J connectivity index is 1.46. The van der Waals surface area contributed by atoms with Crippen molar-refractivity contribution < 1.29 is 4.79 Å². The molecule has 3 rings (SSSR count). The molecule has 3 unspecified atom stereocenters. The van der Waals surface area contributed by atoms with Gasteiger partial charge in [-0.25, -0.2) is 9.78 Å². The van der Waals surface area contributed by atoms with E-state index >= 15 is 0 Å². The Labute approximate surface area is 111 Å². The van der Waals surface area contributed by atoms with Gasteiger partial charge in [-0.15, -0.1) is 11.3 Å². The molecule has 3 atom stereocenters. The standard InChI is InChI=1S/C13H19N3OS/c1-7-8(2)18-13(15-7)16-12(17)14-6-10-4-3-9-5-11(9)10/h9-11H,3-6H2,1-2H3,(H2,14,15,16,17). The zero-order valence-corrected chi connectivity index (χ0v) is 11.6. The molecule has 0 spiro atoms. The van der Waals surface area contributed by atoms with Gasteiger partial charge in [-0.05, 0) is 50.9 Å². The van der Waals surface area contributed by atoms with Crippen LogP contribution in [0.15, 0.2) is 0 Å². The Morgan fingerprint density at radius 3 is 2.83 bits per heavy atom. The van der Waals surface area contributed by atoms with Crippen LogP contribution >= 0.6 is 11.3 Å². The Morgan fingerprint density at radius 2 is 2.28 bits per heavy atom. The van der Waals surface area contributed by atoms with Crippen molar-refractivity contribution in [2.75, 3.05) is 11.9 Å². The van der Waals surface area contributed by atoms with Crippen molar-refractivity contribution in [2.45, 2.75) is 33.1 Å². The van der Waals surface area contributed by atoms with Gasteiger partial charge in [0, 0.05) is 11.4 Å². The molecule has 2 N–H and O–H groups in total. The number of amides is 2. The average Bonchev–Trinajstić information content (AvgIpc) is 2.89. The van der Waals surface area contributed by atoms with Gasteiger partial charge in [-0.3, -0.25) is 5.32 Å². The monoisotopic (exact) mass is 265 g/mol. The highest BCUT2D eigenvalue weighted by molar-refractivity contribution is 7.15. The second kappa shape index (κ2) is 4.53. The largest absolute Gasteiger partial charge is 0.338 e. The number of anilines is 1. The summed E-state index contributed by atoms with van der Waals surface area (Å²) in [5.74, 6) is 2.58. The predicted molar refractivity (Wildman–Crippen MR) is 72.9 cm³/mol. The maximum absolute atomic E-state index is 11.8. The molecule has 98 valence electrons. The third-order valence-corrected chi connectivity index (χ3v) is 5.25. The molecule has 1 aromatic heterocycles. The molecule has 2 aliphatic carbocycles. The lowest BCUT2D eigenvalue weighted by molar-refractivity contribution is 0.249. The van der Waals surface area contributed by atoms with Gasteiger partial charge < -0.3 is 5.32 Å². The fourth-order valence-electron chi connectivity index (χ4n) is 2.97. The number of rotatable bonds is 3. The van der Waals surface area contributed by atoms with Gasteiger partial charge >= 0.3 is 6.03 Å². The van der Waals surface area contributed by atoms with Crippen LogP contribution in [0.4, 0.5) is 9.93 Å². The van der Waals surface area contributed by atoms with Crippen molar-refractivity contribution in [1.29, 1.82) is 0 Å². The molecule has 0 aromatic carbocycles. The van der Waals surface area contributed by atoms with Crippen LogP contribution in [0.2, 0.25) is 0 Å². The highest BCUT2D eigenvalue weighted by Crippen LogP contribution is 2.54. The molecule has 2 fully saturated rings. The van der Waals surface area contributed by atoms with E-state index in [1.54, 1.807) is 0 Å². The van der Waals surface area contributed by atoms with E-state index in [1.807, 2.05) is 13.8 Å². The summed E-state index contributed by atoms with van der Waals surface area (Å²) in [6.07, 6.45) is 4.04. The summed E-state index contributed by atoms with van der Waals surface area (Å²) in [6, 6.07) is -0.118. The SMILES string of the molecule is Cc1nc(NC(=O)NCC2CCC3CC23)sc1C. The number of thiazole rings is 1. The first-order chi connectivity index (χ1) is 8.63. The predicted octanol–water partition coefficient (Wildman–Crippen LogP) is 2.93. The van der Waals surface area contributed by atoms with E-state index in [0.717, 1.165) is 29.0 Å². The molecule has 0 aliphatic heterocycles. The van der Waals surface area contributed by atoms with Crippen LogP contribution in [0.5, 0.6) is 0 Å². The van der Waals surface area contributed by atoms with Crippen LogP contribution in [0.3, 0.4) is 0 Å². The Bertz CT molecular complexity index is 451. The molecule has 1 heterocycles. The van der Waals surface area contributed by atoms with Gasteiger partial charge in [0.05, 0.1) is 5.69 Å². The minimum absolute atomic E-state index is 0.118. The lowest BCUT2D eigenvalue weighted by Gasteiger charge is -2.12. The molecule has 0 saturated heterocycles. The summed E-state index contributed by atoms with van der Waals surface area (Å²) in [5, 5.41) is 6.48. The highest BCUT2D eigenvalue weighted by Gasteiger charge is 2.47. The van der Waals surface area contributed by atoms with Gasteiger partial charge in [0.25, 0.3) is 0 Å². The van der Waals surface area contributed by atoms with E-state index in [9.17, 15) is 4.79 Å². The van der Waals surface area contributed by atoms with Crippen molar-refractivity contribution in [3.8, 4) is 0 Å². The van der Waals surface area contributed by atoms with Crippen molar-refractivity contribution >= 4 is 22.5 Å². The topological polar surface area (TPSA) is 54.0 Å². The molecule has 2 aliphatic rings. The Kier molecular flexibility index (Phi) is 3.01. The third kappa shape index (κ3) is 2.36. The number of urea groups is 1. The number of carbonyl (C=O) groups excluding carboxylic acids is 1. The van der Waals surface area contributed by atoms with E-state index in [2.05, 4.69) is 15.6 Å². The zero-order chi connectivity index (χ0) is 12.7. The Morgan fingerprint density at radius 1 is 1.44 bits per heavy atom. The van der Waals surface area contributed by atoms with E-state index in [-0.39, 0.29) is 6.03 Å². The number of aryl methyl sites for hydroxylation is 2. The number of aromatic nitrogens is 1. The summed E-state index contributed by atoms with van der Waals surface area (Å²) < 4.78 is 0. The minimum Gasteiger partial charge on any atom is -0.338 e. The number of fused-ring (bicyclic) bond motifs is 1. The van der Waals surface area contributed by atoms with Crippen molar-refractivity contribution in [2.24, 2.45) is 17.8 Å². The lowest BCUT2D eigenvalue weighted by Crippen LogP contribution is -2.33. The molecule has 4 nitrogen and oxygen atoms in total. The van der Waals surface area contributed by atoms with Gasteiger partial charge in [0.1, 0.15) is 0 Å².